The molecule has 0 aliphatic carbocycles. The van der Waals surface area contributed by atoms with E-state index in [1.807, 2.05) is 6.92 Å². The highest BCUT2D eigenvalue weighted by atomic mass is 16.7. The van der Waals surface area contributed by atoms with E-state index in [2.05, 4.69) is 0 Å². The Bertz CT molecular complexity index is 308. The van der Waals surface area contributed by atoms with Gasteiger partial charge in [0, 0.05) is 5.82 Å². The molecule has 0 saturated carbocycles. The number of hydrogen-bond donors (Lipinski definition) is 0. The Morgan fingerprint density at radius 3 is 2.21 bits per heavy atom. The molecule has 2 atom stereocenters. The predicted octanol–water partition coefficient (Wildman–Crippen LogP) is -0.237. The summed E-state index contributed by atoms with van der Waals surface area (Å²) in [5, 5.41) is 0. The van der Waals surface area contributed by atoms with E-state index in [9.17, 15) is 9.59 Å². The summed E-state index contributed by atoms with van der Waals surface area (Å²) < 4.78 is 15.6. The summed E-state index contributed by atoms with van der Waals surface area (Å²) in [5.41, 5.74) is 0. The second kappa shape index (κ2) is 2.25. The monoisotopic (exact) mass is 196 g/mol. The van der Waals surface area contributed by atoms with Crippen LogP contribution in [0, 0.1) is 5.82 Å². The summed E-state index contributed by atoms with van der Waals surface area (Å²) in [6, 6.07) is -0.233. The van der Waals surface area contributed by atoms with Crippen molar-refractivity contribution < 1.29 is 23.6 Å². The molecule has 6 heteroatoms. The van der Waals surface area contributed by atoms with Crippen LogP contribution in [0.25, 0.3) is 0 Å². The zero-order valence-electron chi connectivity index (χ0n) is 7.69. The molecule has 0 spiro atoms. The maximum Gasteiger partial charge on any atom is 0.589 e. The molecule has 0 aromatic heterocycles. The van der Waals surface area contributed by atoms with Gasteiger partial charge in [-0.1, -0.05) is 0 Å². The van der Waals surface area contributed by atoms with Crippen molar-refractivity contribution in [1.29, 1.82) is 0 Å². The van der Waals surface area contributed by atoms with E-state index in [1.54, 1.807) is 0 Å². The molecule has 14 heavy (non-hydrogen) atoms. The van der Waals surface area contributed by atoms with Gasteiger partial charge in [-0.15, -0.1) is 0 Å². The molecule has 0 aromatic rings. The number of carbonyl (C=O) groups excluding carboxylic acids is 2. The van der Waals surface area contributed by atoms with E-state index in [1.165, 1.54) is 0 Å². The number of carbonyl (C=O) groups is 2. The first-order chi connectivity index (χ1) is 6.62. The third-order valence-corrected chi connectivity index (χ3v) is 3.12. The van der Waals surface area contributed by atoms with Gasteiger partial charge in [-0.25, -0.2) is 0 Å². The smallest absolute Gasteiger partial charge is 0.589 e. The van der Waals surface area contributed by atoms with Crippen LogP contribution in [0.5, 0.6) is 0 Å². The maximum atomic E-state index is 11.1. The molecule has 3 saturated heterocycles. The third kappa shape index (κ3) is 0.864. The second-order valence-electron chi connectivity index (χ2n) is 4.07. The Kier molecular flexibility index (Phi) is 1.31. The highest BCUT2D eigenvalue weighted by molar-refractivity contribution is 6.81. The number of epoxide rings is 1. The van der Waals surface area contributed by atoms with Crippen LogP contribution in [0.1, 0.15) is 19.8 Å². The van der Waals surface area contributed by atoms with E-state index in [0.29, 0.717) is 0 Å². The van der Waals surface area contributed by atoms with Crippen molar-refractivity contribution >= 4 is 18.5 Å². The minimum Gasteiger partial charge on any atom is -0.612 e. The second-order valence-corrected chi connectivity index (χ2v) is 4.07. The van der Waals surface area contributed by atoms with E-state index in [0.717, 1.165) is 5.82 Å². The molecule has 74 valence electrons. The average Bonchev–Trinajstić information content (AvgIpc) is 2.61. The van der Waals surface area contributed by atoms with Gasteiger partial charge in [0.2, 0.25) is 0 Å². The highest BCUT2D eigenvalue weighted by Gasteiger charge is 2.74. The van der Waals surface area contributed by atoms with Crippen LogP contribution < -0.4 is 0 Å². The minimum atomic E-state index is -1.89. The zero-order chi connectivity index (χ0) is 9.92. The van der Waals surface area contributed by atoms with Gasteiger partial charge in [-0.05, 0) is 6.92 Å². The molecule has 3 fully saturated rings. The lowest BCUT2D eigenvalue weighted by Gasteiger charge is -2.22. The van der Waals surface area contributed by atoms with E-state index >= 15 is 0 Å². The predicted molar refractivity (Wildman–Crippen MR) is 44.8 cm³/mol. The van der Waals surface area contributed by atoms with Crippen LogP contribution in [0.4, 0.5) is 0 Å². The maximum absolute atomic E-state index is 11.1. The van der Waals surface area contributed by atoms with Gasteiger partial charge in [0.1, 0.15) is 12.8 Å². The molecule has 3 heterocycles. The lowest BCUT2D eigenvalue weighted by molar-refractivity contribution is -0.138. The first-order valence-electron chi connectivity index (χ1n) is 4.71. The van der Waals surface area contributed by atoms with Crippen LogP contribution in [0.3, 0.4) is 0 Å². The molecule has 0 N–H and O–H groups in total. The molecule has 0 bridgehead atoms. The number of rotatable bonds is 1. The van der Waals surface area contributed by atoms with E-state index in [-0.39, 0.29) is 36.9 Å². The lowest BCUT2D eigenvalue weighted by Crippen LogP contribution is -2.47. The summed E-state index contributed by atoms with van der Waals surface area (Å²) in [6.45, 7) is -0.0145. The van der Waals surface area contributed by atoms with Gasteiger partial charge >= 0.3 is 18.5 Å². The minimum absolute atomic E-state index is 0.0156. The average molecular weight is 196 g/mol. The quantitative estimate of drug-likeness (QED) is 0.329. The van der Waals surface area contributed by atoms with E-state index in [4.69, 9.17) is 14.0 Å². The summed E-state index contributed by atoms with van der Waals surface area (Å²) in [6.07, 6.45) is 0.429. The van der Waals surface area contributed by atoms with Crippen LogP contribution in [0.2, 0.25) is 0 Å². The molecule has 5 nitrogen and oxygen atoms in total. The molecular formula is C8H9BO5. The molecule has 1 unspecified atom stereocenters. The van der Waals surface area contributed by atoms with Gasteiger partial charge in [-0.3, -0.25) is 9.59 Å². The molecule has 3 aliphatic rings. The number of hydrogen-bond acceptors (Lipinski definition) is 5. The fourth-order valence-electron chi connectivity index (χ4n) is 2.41. The van der Waals surface area contributed by atoms with Crippen molar-refractivity contribution in [3.63, 3.8) is 0 Å². The number of fused-ring (bicyclic) bond motifs is 1. The van der Waals surface area contributed by atoms with Crippen molar-refractivity contribution in [3.05, 3.63) is 5.82 Å². The van der Waals surface area contributed by atoms with Gasteiger partial charge in [0.25, 0.3) is 0 Å². The van der Waals surface area contributed by atoms with Crippen LogP contribution in [-0.4, -0.2) is 30.6 Å². The third-order valence-electron chi connectivity index (χ3n) is 3.12. The van der Waals surface area contributed by atoms with Gasteiger partial charge in [0.05, 0.1) is 12.1 Å². The van der Waals surface area contributed by atoms with Crippen molar-refractivity contribution in [2.24, 2.45) is 0 Å². The normalized spacial score (nSPS) is 37.9. The largest absolute Gasteiger partial charge is 0.612 e. The fourth-order valence-corrected chi connectivity index (χ4v) is 2.41. The van der Waals surface area contributed by atoms with Gasteiger partial charge in [0.15, 0.2) is 0 Å². The van der Waals surface area contributed by atoms with Crippen LogP contribution in [-0.2, 0) is 23.6 Å². The van der Waals surface area contributed by atoms with Crippen molar-refractivity contribution in [1.82, 2.24) is 0 Å². The first kappa shape index (κ1) is 8.17. The van der Waals surface area contributed by atoms with Crippen molar-refractivity contribution in [2.75, 3.05) is 0 Å². The Labute approximate surface area is 80.7 Å². The van der Waals surface area contributed by atoms with Crippen molar-refractivity contribution in [3.8, 4) is 0 Å². The van der Waals surface area contributed by atoms with Crippen LogP contribution >= 0.6 is 0 Å². The Balaban J connectivity index is 1.93. The summed E-state index contributed by atoms with van der Waals surface area (Å²) >= 11 is 0. The molecule has 3 aliphatic heterocycles. The SMILES string of the molecule is C[C@@H]1OC1[B-]12OC(=O)C[C+]1CC(=O)O2. The summed E-state index contributed by atoms with van der Waals surface area (Å²) in [7, 11) is 0. The van der Waals surface area contributed by atoms with Crippen molar-refractivity contribution in [2.45, 2.75) is 31.9 Å². The Morgan fingerprint density at radius 1 is 1.29 bits per heavy atom. The van der Waals surface area contributed by atoms with E-state index < -0.39 is 6.55 Å². The summed E-state index contributed by atoms with van der Waals surface area (Å²) in [5.74, 6) is 0.153. The Morgan fingerprint density at radius 2 is 1.79 bits per heavy atom. The molecule has 0 aromatic carbocycles. The topological polar surface area (TPSA) is 65.1 Å². The standard InChI is InChI=1S/C8H9BO5/c1-4-8(12-4)9-5(2-6(10)13-9)3-7(11)14-9/h4,8H,2-3H2,1H3/t4-,8?/m0/s1. The molecular weight excluding hydrogens is 187 g/mol. The first-order valence-corrected chi connectivity index (χ1v) is 4.71. The van der Waals surface area contributed by atoms with Gasteiger partial charge < -0.3 is 14.0 Å². The lowest BCUT2D eigenvalue weighted by atomic mass is 9.45. The number of ether oxygens (including phenoxy) is 1. The zero-order valence-corrected chi connectivity index (χ0v) is 7.69. The Hall–Kier alpha value is -1.17. The highest BCUT2D eigenvalue weighted by Crippen LogP contribution is 2.48. The summed E-state index contributed by atoms with van der Waals surface area (Å²) in [4.78, 5) is 22.3. The van der Waals surface area contributed by atoms with Gasteiger partial charge in [-0.2, -0.15) is 0 Å². The molecule has 3 rings (SSSR count). The molecule has 0 amide bonds. The fraction of sp³-hybridized carbons (Fsp3) is 0.625. The van der Waals surface area contributed by atoms with Crippen LogP contribution in [0.15, 0.2) is 0 Å². The molecule has 0 radical (unpaired) electrons.